The highest BCUT2D eigenvalue weighted by Gasteiger charge is 2.61. The second kappa shape index (κ2) is 6.66. The van der Waals surface area contributed by atoms with Crippen molar-refractivity contribution in [2.24, 2.45) is 38.8 Å². The van der Waals surface area contributed by atoms with E-state index in [-0.39, 0.29) is 10.8 Å². The number of aliphatic hydroxyl groups is 1. The number of allylic oxidation sites excluding steroid dienone is 3. The van der Waals surface area contributed by atoms with Crippen LogP contribution in [0.3, 0.4) is 0 Å². The zero-order chi connectivity index (χ0) is 22.1. The average molecular weight is 436 g/mol. The number of nitrogens with one attached hydrogen (secondary N) is 1. The van der Waals surface area contributed by atoms with Gasteiger partial charge in [-0.15, -0.1) is 0 Å². The molecule has 6 atom stereocenters. The molecule has 2 fully saturated rings. The number of hydrogen-bond donors (Lipinski definition) is 3. The lowest BCUT2D eigenvalue weighted by Gasteiger charge is -2.59. The van der Waals surface area contributed by atoms with E-state index in [0.717, 1.165) is 37.5 Å². The number of nitrogens with zero attached hydrogens (tertiary/aromatic N) is 2. The number of oxime groups is 1. The molecular formula is C22H33N3O4S. The molecule has 4 rings (SSSR count). The molecule has 0 amide bonds. The fourth-order valence-corrected chi connectivity index (χ4v) is 7.24. The Morgan fingerprint density at radius 3 is 2.57 bits per heavy atom. The van der Waals surface area contributed by atoms with Crippen molar-refractivity contribution in [1.82, 2.24) is 4.83 Å². The third-order valence-corrected chi connectivity index (χ3v) is 9.19. The van der Waals surface area contributed by atoms with Gasteiger partial charge in [0.1, 0.15) is 11.4 Å². The van der Waals surface area contributed by atoms with E-state index in [9.17, 15) is 18.7 Å². The van der Waals surface area contributed by atoms with E-state index in [4.69, 9.17) is 0 Å². The van der Waals surface area contributed by atoms with E-state index in [0.29, 0.717) is 35.6 Å². The molecular weight excluding hydrogens is 402 g/mol. The molecule has 0 aromatic rings. The number of fused-ring (bicyclic) bond motifs is 5. The molecule has 0 aromatic carbocycles. The molecule has 8 heteroatoms. The molecule has 4 aliphatic rings. The fourth-order valence-electron chi connectivity index (χ4n) is 6.98. The van der Waals surface area contributed by atoms with Crippen molar-refractivity contribution >= 4 is 21.4 Å². The number of rotatable bonds is 2. The van der Waals surface area contributed by atoms with E-state index in [1.807, 2.05) is 19.9 Å². The van der Waals surface area contributed by atoms with Gasteiger partial charge in [0.2, 0.25) is 10.0 Å². The minimum atomic E-state index is -3.50. The number of sulfonamides is 1. The summed E-state index contributed by atoms with van der Waals surface area (Å²) in [5, 5.41) is 28.3. The van der Waals surface area contributed by atoms with E-state index < -0.39 is 15.6 Å². The van der Waals surface area contributed by atoms with Crippen LogP contribution in [0.5, 0.6) is 0 Å². The van der Waals surface area contributed by atoms with Crippen LogP contribution in [0.15, 0.2) is 33.6 Å². The highest BCUT2D eigenvalue weighted by molar-refractivity contribution is 7.88. The summed E-state index contributed by atoms with van der Waals surface area (Å²) in [6.07, 6.45) is 9.70. The van der Waals surface area contributed by atoms with Crippen LogP contribution >= 0.6 is 0 Å². The summed E-state index contributed by atoms with van der Waals surface area (Å²) in [6, 6.07) is 0. The Hall–Kier alpha value is -1.67. The average Bonchev–Trinajstić information content (AvgIpc) is 2.89. The number of hydrogen-bond acceptors (Lipinski definition) is 6. The maximum absolute atomic E-state index is 11.5. The van der Waals surface area contributed by atoms with Gasteiger partial charge in [-0.2, -0.15) is 5.10 Å². The lowest BCUT2D eigenvalue weighted by molar-refractivity contribution is -0.103. The second-order valence-electron chi connectivity index (χ2n) is 10.4. The van der Waals surface area contributed by atoms with Crippen molar-refractivity contribution in [1.29, 1.82) is 0 Å². The Kier molecular flexibility index (Phi) is 4.79. The normalized spacial score (nSPS) is 46.0. The standard InChI is InChI=1S/C22H33N3O4S/c1-13-15-7-6-14-16(8-10-21(3)17(14)9-11-22(21,4)26)20(15,2)12-18(24-27)19(13)23-25-30(5,28)29/h9,11,14,16-17,25-27H,6-8,10,12H2,1-5H3/t14-,16+,17+,20+,21+,22+/m1/s1. The first kappa shape index (κ1) is 21.6. The molecule has 0 heterocycles. The Balaban J connectivity index is 1.74. The first-order chi connectivity index (χ1) is 13.8. The van der Waals surface area contributed by atoms with Crippen molar-refractivity contribution in [3.8, 4) is 0 Å². The van der Waals surface area contributed by atoms with E-state index in [1.54, 1.807) is 0 Å². The Bertz CT molecular complexity index is 994. The fraction of sp³-hybridized carbons (Fsp3) is 0.727. The van der Waals surface area contributed by atoms with Gasteiger partial charge in [-0.1, -0.05) is 36.7 Å². The Morgan fingerprint density at radius 1 is 1.23 bits per heavy atom. The molecule has 3 N–H and O–H groups in total. The molecule has 0 saturated heterocycles. The molecule has 7 nitrogen and oxygen atoms in total. The van der Waals surface area contributed by atoms with E-state index in [1.165, 1.54) is 5.57 Å². The van der Waals surface area contributed by atoms with Gasteiger partial charge in [-0.05, 0) is 68.3 Å². The maximum Gasteiger partial charge on any atom is 0.244 e. The number of hydrazone groups is 1. The first-order valence-corrected chi connectivity index (χ1v) is 12.6. The topological polar surface area (TPSA) is 111 Å². The molecule has 2 saturated carbocycles. The predicted octanol–water partition coefficient (Wildman–Crippen LogP) is 3.21. The smallest absolute Gasteiger partial charge is 0.244 e. The summed E-state index contributed by atoms with van der Waals surface area (Å²) in [4.78, 5) is 2.19. The molecule has 0 radical (unpaired) electrons. The summed E-state index contributed by atoms with van der Waals surface area (Å²) in [5.74, 6) is 1.21. The Morgan fingerprint density at radius 2 is 1.93 bits per heavy atom. The van der Waals surface area contributed by atoms with E-state index >= 15 is 0 Å². The van der Waals surface area contributed by atoms with Gasteiger partial charge in [-0.3, -0.25) is 0 Å². The quantitative estimate of drug-likeness (QED) is 0.351. The third kappa shape index (κ3) is 2.98. The molecule has 4 aliphatic carbocycles. The van der Waals surface area contributed by atoms with Crippen molar-refractivity contribution < 1.29 is 18.7 Å². The molecule has 0 aliphatic heterocycles. The third-order valence-electron chi connectivity index (χ3n) is 8.77. The van der Waals surface area contributed by atoms with Gasteiger partial charge in [0.25, 0.3) is 0 Å². The second-order valence-corrected chi connectivity index (χ2v) is 12.1. The van der Waals surface area contributed by atoms with Crippen LogP contribution in [0.1, 0.15) is 59.8 Å². The zero-order valence-corrected chi connectivity index (χ0v) is 19.3. The minimum Gasteiger partial charge on any atom is -0.411 e. The summed E-state index contributed by atoms with van der Waals surface area (Å²) < 4.78 is 23.1. The summed E-state index contributed by atoms with van der Waals surface area (Å²) in [6.45, 7) is 8.36. The summed E-state index contributed by atoms with van der Waals surface area (Å²) in [5.41, 5.74) is 1.97. The summed E-state index contributed by atoms with van der Waals surface area (Å²) in [7, 11) is -3.50. The van der Waals surface area contributed by atoms with Gasteiger partial charge in [0, 0.05) is 11.8 Å². The highest BCUT2D eigenvalue weighted by atomic mass is 32.2. The molecule has 0 spiro atoms. The van der Waals surface area contributed by atoms with E-state index in [2.05, 4.69) is 35.0 Å². The van der Waals surface area contributed by atoms with Crippen LogP contribution in [0, 0.1) is 28.6 Å². The summed E-state index contributed by atoms with van der Waals surface area (Å²) >= 11 is 0. The molecule has 30 heavy (non-hydrogen) atoms. The molecule has 0 unspecified atom stereocenters. The molecule has 0 aromatic heterocycles. The van der Waals surface area contributed by atoms with Crippen molar-refractivity contribution in [3.63, 3.8) is 0 Å². The zero-order valence-electron chi connectivity index (χ0n) is 18.4. The van der Waals surface area contributed by atoms with Gasteiger partial charge < -0.3 is 10.3 Å². The SMILES string of the molecule is CC1=C2CC[C@@H]3[C@H](CC[C@@]4(C)[C@H]3C=C[C@]4(C)O)[C@@]2(C)CC(=NO)C1=NNS(C)(=O)=O. The van der Waals surface area contributed by atoms with Crippen LogP contribution in [0.4, 0.5) is 0 Å². The first-order valence-electron chi connectivity index (χ1n) is 10.7. The highest BCUT2D eigenvalue weighted by Crippen LogP contribution is 2.65. The largest absolute Gasteiger partial charge is 0.411 e. The minimum absolute atomic E-state index is 0.143. The maximum atomic E-state index is 11.5. The van der Waals surface area contributed by atoms with Crippen LogP contribution < -0.4 is 4.83 Å². The van der Waals surface area contributed by atoms with Gasteiger partial charge >= 0.3 is 0 Å². The van der Waals surface area contributed by atoms with Crippen LogP contribution in [-0.4, -0.2) is 42.0 Å². The lowest BCUT2D eigenvalue weighted by atomic mass is 9.45. The van der Waals surface area contributed by atoms with Crippen LogP contribution in [-0.2, 0) is 10.0 Å². The van der Waals surface area contributed by atoms with Crippen LogP contribution in [0.25, 0.3) is 0 Å². The van der Waals surface area contributed by atoms with Gasteiger partial charge in [0.15, 0.2) is 0 Å². The lowest BCUT2D eigenvalue weighted by Crippen LogP contribution is -2.55. The Labute approximate surface area is 179 Å². The predicted molar refractivity (Wildman–Crippen MR) is 117 cm³/mol. The van der Waals surface area contributed by atoms with Gasteiger partial charge in [-0.25, -0.2) is 13.2 Å². The van der Waals surface area contributed by atoms with Crippen molar-refractivity contribution in [3.05, 3.63) is 23.3 Å². The van der Waals surface area contributed by atoms with Crippen LogP contribution in [0.2, 0.25) is 0 Å². The van der Waals surface area contributed by atoms with Crippen molar-refractivity contribution in [2.75, 3.05) is 6.26 Å². The van der Waals surface area contributed by atoms with Crippen molar-refractivity contribution in [2.45, 2.75) is 65.4 Å². The molecule has 166 valence electrons. The van der Waals surface area contributed by atoms with Gasteiger partial charge in [0.05, 0.1) is 11.9 Å². The molecule has 0 bridgehead atoms. The monoisotopic (exact) mass is 435 g/mol.